The molecule has 0 aliphatic carbocycles. The van der Waals surface area contributed by atoms with E-state index in [1.54, 1.807) is 24.3 Å². The fourth-order valence-corrected chi connectivity index (χ4v) is 1.29. The number of para-hydroxylation sites is 1. The predicted octanol–water partition coefficient (Wildman–Crippen LogP) is 0.558. The van der Waals surface area contributed by atoms with E-state index in [1.165, 1.54) is 7.05 Å². The number of benzene rings is 1. The maximum Gasteiger partial charge on any atom is 0.312 e. The van der Waals surface area contributed by atoms with E-state index >= 15 is 0 Å². The Kier molecular flexibility index (Phi) is 4.86. The lowest BCUT2D eigenvalue weighted by atomic mass is 10.3. The molecule has 0 unspecified atom stereocenters. The first-order chi connectivity index (χ1) is 8.49. The molecule has 0 aliphatic rings. The Morgan fingerprint density at radius 1 is 1.22 bits per heavy atom. The van der Waals surface area contributed by atoms with Crippen molar-refractivity contribution in [3.63, 3.8) is 0 Å². The second kappa shape index (κ2) is 6.39. The molecule has 0 radical (unpaired) electrons. The van der Waals surface area contributed by atoms with Gasteiger partial charge in [-0.25, -0.2) is 0 Å². The molecule has 0 atom stereocenters. The van der Waals surface area contributed by atoms with Crippen LogP contribution in [0.2, 0.25) is 0 Å². The van der Waals surface area contributed by atoms with Crippen LogP contribution in [0.3, 0.4) is 0 Å². The Morgan fingerprint density at radius 2 is 1.83 bits per heavy atom. The van der Waals surface area contributed by atoms with Gasteiger partial charge in [0.25, 0.3) is 0 Å². The molecular weight excluding hydrogens is 236 g/mol. The van der Waals surface area contributed by atoms with Crippen LogP contribution >= 0.6 is 0 Å². The molecule has 18 heavy (non-hydrogen) atoms. The third-order valence-corrected chi connectivity index (χ3v) is 2.17. The molecular formula is C12H14N2O4. The molecule has 0 saturated carbocycles. The number of carbonyl (C=O) groups is 3. The van der Waals surface area contributed by atoms with Gasteiger partial charge >= 0.3 is 5.97 Å². The number of amides is 2. The van der Waals surface area contributed by atoms with Crippen molar-refractivity contribution in [1.29, 1.82) is 0 Å². The van der Waals surface area contributed by atoms with Gasteiger partial charge in [-0.3, -0.25) is 14.4 Å². The van der Waals surface area contributed by atoms with Gasteiger partial charge in [0.1, 0.15) is 6.42 Å². The maximum absolute atomic E-state index is 11.6. The molecule has 0 aromatic heterocycles. The highest BCUT2D eigenvalue weighted by molar-refractivity contribution is 5.97. The van der Waals surface area contributed by atoms with Crippen LogP contribution < -0.4 is 5.32 Å². The van der Waals surface area contributed by atoms with Crippen molar-refractivity contribution in [2.75, 3.05) is 18.9 Å². The zero-order chi connectivity index (χ0) is 13.5. The number of anilines is 1. The summed E-state index contributed by atoms with van der Waals surface area (Å²) < 4.78 is 0. The Morgan fingerprint density at radius 3 is 2.39 bits per heavy atom. The molecule has 2 N–H and O–H groups in total. The summed E-state index contributed by atoms with van der Waals surface area (Å²) in [6, 6.07) is 8.80. The molecule has 0 fully saturated rings. The molecule has 1 aromatic rings. The lowest BCUT2D eigenvalue weighted by Gasteiger charge is -2.15. The summed E-state index contributed by atoms with van der Waals surface area (Å²) in [6.07, 6.45) is -0.616. The number of carbonyl (C=O) groups excluding carboxylic acids is 2. The van der Waals surface area contributed by atoms with E-state index in [9.17, 15) is 14.4 Å². The number of hydrogen-bond donors (Lipinski definition) is 2. The van der Waals surface area contributed by atoms with Crippen LogP contribution in [0.15, 0.2) is 30.3 Å². The molecule has 0 spiro atoms. The van der Waals surface area contributed by atoms with Crippen molar-refractivity contribution in [3.05, 3.63) is 30.3 Å². The number of nitrogens with zero attached hydrogens (tertiary/aromatic N) is 1. The summed E-state index contributed by atoms with van der Waals surface area (Å²) >= 11 is 0. The Labute approximate surface area is 104 Å². The fourth-order valence-electron chi connectivity index (χ4n) is 1.29. The third kappa shape index (κ3) is 4.65. The van der Waals surface area contributed by atoms with Gasteiger partial charge in [0, 0.05) is 12.7 Å². The summed E-state index contributed by atoms with van der Waals surface area (Å²) in [5.74, 6) is -2.19. The summed E-state index contributed by atoms with van der Waals surface area (Å²) in [7, 11) is 1.38. The number of rotatable bonds is 5. The standard InChI is InChI=1S/C12H14N2O4/c1-14(11(16)7-12(17)18)8-10(15)13-9-5-3-2-4-6-9/h2-6H,7-8H2,1H3,(H,13,15)(H,17,18). The van der Waals surface area contributed by atoms with Crippen molar-refractivity contribution in [1.82, 2.24) is 4.90 Å². The molecule has 6 nitrogen and oxygen atoms in total. The molecule has 0 heterocycles. The maximum atomic E-state index is 11.6. The summed E-state index contributed by atoms with van der Waals surface area (Å²) in [5, 5.41) is 11.1. The molecule has 0 saturated heterocycles. The largest absolute Gasteiger partial charge is 0.481 e. The van der Waals surface area contributed by atoms with Crippen LogP contribution in [0.4, 0.5) is 5.69 Å². The quantitative estimate of drug-likeness (QED) is 0.747. The van der Waals surface area contributed by atoms with E-state index in [4.69, 9.17) is 5.11 Å². The van der Waals surface area contributed by atoms with E-state index in [2.05, 4.69) is 5.32 Å². The number of nitrogens with one attached hydrogen (secondary N) is 1. The van der Waals surface area contributed by atoms with Gasteiger partial charge in [-0.15, -0.1) is 0 Å². The van der Waals surface area contributed by atoms with E-state index in [-0.39, 0.29) is 12.5 Å². The molecule has 96 valence electrons. The summed E-state index contributed by atoms with van der Waals surface area (Å²) in [6.45, 7) is -0.180. The van der Waals surface area contributed by atoms with Crippen LogP contribution in [-0.4, -0.2) is 41.4 Å². The Hall–Kier alpha value is -2.37. The van der Waals surface area contributed by atoms with Gasteiger partial charge in [-0.2, -0.15) is 0 Å². The Bertz CT molecular complexity index is 445. The first kappa shape index (κ1) is 13.7. The van der Waals surface area contributed by atoms with Crippen molar-refractivity contribution >= 4 is 23.5 Å². The fraction of sp³-hybridized carbons (Fsp3) is 0.250. The minimum atomic E-state index is -1.21. The van der Waals surface area contributed by atoms with E-state index in [0.29, 0.717) is 5.69 Å². The smallest absolute Gasteiger partial charge is 0.312 e. The van der Waals surface area contributed by atoms with Gasteiger partial charge in [0.2, 0.25) is 11.8 Å². The van der Waals surface area contributed by atoms with Gasteiger partial charge in [0.15, 0.2) is 0 Å². The summed E-state index contributed by atoms with van der Waals surface area (Å²) in [4.78, 5) is 34.3. The minimum absolute atomic E-state index is 0.180. The first-order valence-electron chi connectivity index (χ1n) is 5.29. The highest BCUT2D eigenvalue weighted by Crippen LogP contribution is 2.04. The minimum Gasteiger partial charge on any atom is -0.481 e. The number of hydrogen-bond acceptors (Lipinski definition) is 3. The number of aliphatic carboxylic acids is 1. The molecule has 0 aliphatic heterocycles. The van der Waals surface area contributed by atoms with Crippen LogP contribution in [0.5, 0.6) is 0 Å². The highest BCUT2D eigenvalue weighted by Gasteiger charge is 2.15. The van der Waals surface area contributed by atoms with Crippen molar-refractivity contribution in [2.45, 2.75) is 6.42 Å². The first-order valence-corrected chi connectivity index (χ1v) is 5.29. The third-order valence-electron chi connectivity index (χ3n) is 2.17. The molecule has 2 amide bonds. The number of likely N-dealkylation sites (N-methyl/N-ethyl adjacent to an activating group) is 1. The summed E-state index contributed by atoms with van der Waals surface area (Å²) in [5.41, 5.74) is 0.626. The average Bonchev–Trinajstić information content (AvgIpc) is 2.29. The SMILES string of the molecule is CN(CC(=O)Nc1ccccc1)C(=O)CC(=O)O. The van der Waals surface area contributed by atoms with Crippen molar-refractivity contribution in [3.8, 4) is 0 Å². The van der Waals surface area contributed by atoms with Crippen molar-refractivity contribution < 1.29 is 19.5 Å². The van der Waals surface area contributed by atoms with Gasteiger partial charge < -0.3 is 15.3 Å². The zero-order valence-electron chi connectivity index (χ0n) is 9.92. The van der Waals surface area contributed by atoms with Crippen LogP contribution in [0.1, 0.15) is 6.42 Å². The van der Waals surface area contributed by atoms with Crippen LogP contribution in [0.25, 0.3) is 0 Å². The van der Waals surface area contributed by atoms with Gasteiger partial charge in [-0.1, -0.05) is 18.2 Å². The average molecular weight is 250 g/mol. The molecule has 0 bridgehead atoms. The lowest BCUT2D eigenvalue weighted by molar-refractivity contribution is -0.144. The normalized spacial score (nSPS) is 9.61. The van der Waals surface area contributed by atoms with E-state index in [0.717, 1.165) is 4.90 Å². The zero-order valence-corrected chi connectivity index (χ0v) is 9.92. The van der Waals surface area contributed by atoms with Crippen molar-refractivity contribution in [2.24, 2.45) is 0 Å². The second-order valence-corrected chi connectivity index (χ2v) is 3.73. The molecule has 1 aromatic carbocycles. The van der Waals surface area contributed by atoms with Gasteiger partial charge in [-0.05, 0) is 12.1 Å². The second-order valence-electron chi connectivity index (χ2n) is 3.73. The predicted molar refractivity (Wildman–Crippen MR) is 65.0 cm³/mol. The van der Waals surface area contributed by atoms with Crippen LogP contribution in [0, 0.1) is 0 Å². The topological polar surface area (TPSA) is 86.7 Å². The monoisotopic (exact) mass is 250 g/mol. The highest BCUT2D eigenvalue weighted by atomic mass is 16.4. The van der Waals surface area contributed by atoms with Crippen LogP contribution in [-0.2, 0) is 14.4 Å². The lowest BCUT2D eigenvalue weighted by Crippen LogP contribution is -2.35. The van der Waals surface area contributed by atoms with Gasteiger partial charge in [0.05, 0.1) is 6.54 Å². The van der Waals surface area contributed by atoms with E-state index < -0.39 is 18.3 Å². The molecule has 1 rings (SSSR count). The van der Waals surface area contributed by atoms with E-state index in [1.807, 2.05) is 6.07 Å². The number of carboxylic acid groups (broad SMARTS) is 1. The Balaban J connectivity index is 2.45. The molecule has 6 heteroatoms. The number of carboxylic acids is 1.